The highest BCUT2D eigenvalue weighted by Gasteiger charge is 2.50. The molecule has 2 atom stereocenters. The van der Waals surface area contributed by atoms with Crippen molar-refractivity contribution in [2.45, 2.75) is 12.2 Å². The lowest BCUT2D eigenvalue weighted by Gasteiger charge is -2.12. The first-order valence-electron chi connectivity index (χ1n) is 3.34. The summed E-state index contributed by atoms with van der Waals surface area (Å²) in [5, 5.41) is 25.8. The molecule has 0 rings (SSSR count). The predicted octanol–water partition coefficient (Wildman–Crippen LogP) is -3.46. The summed E-state index contributed by atoms with van der Waals surface area (Å²) in [7, 11) is -5.01. The number of aliphatic hydroxyl groups is 3. The van der Waals surface area contributed by atoms with Gasteiger partial charge in [0.05, 0.1) is 6.61 Å². The molecule has 82 valence electrons. The topological polar surface area (TPSA) is 156 Å². The fourth-order valence-electron chi connectivity index (χ4n) is 0.549. The molecule has 0 aliphatic carbocycles. The molecule has 0 fully saturated rings. The molecule has 0 unspecified atom stereocenters. The molecule has 0 radical (unpaired) electrons. The Labute approximate surface area is 78.6 Å². The van der Waals surface area contributed by atoms with Crippen LogP contribution in [-0.4, -0.2) is 60.1 Å². The molecule has 6 N–H and O–H groups in total. The van der Waals surface area contributed by atoms with Gasteiger partial charge in [-0.2, -0.15) is 14.7 Å². The highest BCUT2D eigenvalue weighted by atomic mass is 31.2. The van der Waals surface area contributed by atoms with Crippen LogP contribution in [0.25, 0.3) is 0 Å². The zero-order valence-corrected chi connectivity index (χ0v) is 7.70. The van der Waals surface area contributed by atoms with Gasteiger partial charge in [0.25, 0.3) is 5.78 Å². The summed E-state index contributed by atoms with van der Waals surface area (Å²) >= 11 is 0. The van der Waals surface area contributed by atoms with Crippen LogP contribution in [0.5, 0.6) is 0 Å². The van der Waals surface area contributed by atoms with Crippen LogP contribution in [0, 0.1) is 0 Å². The van der Waals surface area contributed by atoms with Gasteiger partial charge in [-0.1, -0.05) is 0 Å². The van der Waals surface area contributed by atoms with Gasteiger partial charge in [0, 0.05) is 0 Å². The summed E-state index contributed by atoms with van der Waals surface area (Å²) in [5.41, 5.74) is -1.99. The van der Waals surface area contributed by atoms with Gasteiger partial charge in [-0.15, -0.1) is 0 Å². The summed E-state index contributed by atoms with van der Waals surface area (Å²) in [4.78, 5) is 46.5. The van der Waals surface area contributed by atoms with Crippen LogP contribution in [-0.2, 0) is 9.59 Å². The number of hydrogen-bond donors (Lipinski definition) is 6. The average Bonchev–Trinajstić information content (AvgIpc) is 2.11. The van der Waals surface area contributed by atoms with Crippen LogP contribution < -0.4 is 0 Å². The highest BCUT2D eigenvalue weighted by Crippen LogP contribution is 2.45. The van der Waals surface area contributed by atoms with Crippen LogP contribution in [0.3, 0.4) is 0 Å². The van der Waals surface area contributed by atoms with Gasteiger partial charge in [-0.05, 0) is 0 Å². The van der Waals surface area contributed by atoms with Gasteiger partial charge < -0.3 is 15.3 Å². The number of hydrogen-bond acceptors (Lipinski definition) is 8. The first-order valence-corrected chi connectivity index (χ1v) is 4.99. The van der Waals surface area contributed by atoms with Gasteiger partial charge in [0.15, 0.2) is 6.10 Å². The second-order valence-corrected chi connectivity index (χ2v) is 3.98. The normalized spacial score (nSPS) is 16.1. The molecule has 0 saturated carbocycles. The van der Waals surface area contributed by atoms with Crippen molar-refractivity contribution in [2.24, 2.45) is 0 Å². The summed E-state index contributed by atoms with van der Waals surface area (Å²) < 4.78 is 0. The van der Waals surface area contributed by atoms with Gasteiger partial charge in [-0.25, -0.2) is 4.79 Å². The molecular weight excluding hydrogens is 219 g/mol. The average molecular weight is 229 g/mol. The van der Waals surface area contributed by atoms with E-state index >= 15 is 0 Å². The smallest absolute Gasteiger partial charge is 0.394 e. The van der Waals surface area contributed by atoms with Crippen molar-refractivity contribution in [3.63, 3.8) is 0 Å². The van der Waals surface area contributed by atoms with E-state index in [0.717, 1.165) is 0 Å². The van der Waals surface area contributed by atoms with E-state index in [2.05, 4.69) is 0 Å². The Hall–Kier alpha value is -0.470. The first-order chi connectivity index (χ1) is 6.21. The van der Waals surface area contributed by atoms with E-state index in [0.29, 0.717) is 0 Å². The third-order valence-electron chi connectivity index (χ3n) is 1.30. The molecule has 0 aromatic rings. The first kappa shape index (κ1) is 13.5. The van der Waals surface area contributed by atoms with Crippen molar-refractivity contribution >= 4 is 19.3 Å². The summed E-state index contributed by atoms with van der Waals surface area (Å²) in [5.74, 6) is -1.77. The maximum Gasteiger partial charge on any atom is 0.487 e. The zero-order valence-electron chi connectivity index (χ0n) is 6.81. The third-order valence-corrected chi connectivity index (χ3v) is 2.07. The molecule has 9 heteroatoms. The monoisotopic (exact) mass is 229 g/mol. The number of aliphatic hydroxyl groups excluding tert-OH is 3. The molecule has 0 aliphatic rings. The molecule has 0 aromatic carbocycles. The van der Waals surface area contributed by atoms with E-state index in [1.54, 1.807) is 0 Å². The lowest BCUT2D eigenvalue weighted by Crippen LogP contribution is -2.40. The fraction of sp³-hybridized carbons (Fsp3) is 0.600. The molecule has 0 bridgehead atoms. The number of carbonyl (C=O) groups excluding carboxylic acids is 2. The van der Waals surface area contributed by atoms with Crippen molar-refractivity contribution < 1.29 is 39.6 Å². The van der Waals surface area contributed by atoms with E-state index in [9.17, 15) is 9.59 Å². The van der Waals surface area contributed by atoms with E-state index in [1.807, 2.05) is 0 Å². The summed E-state index contributed by atoms with van der Waals surface area (Å²) in [6.07, 6.45) is -4.21. The van der Waals surface area contributed by atoms with E-state index in [-0.39, 0.29) is 0 Å². The molecule has 8 nitrogen and oxygen atoms in total. The van der Waals surface area contributed by atoms with Crippen LogP contribution in [0.15, 0.2) is 0 Å². The van der Waals surface area contributed by atoms with Crippen molar-refractivity contribution in [1.29, 1.82) is 0 Å². The molecule has 14 heavy (non-hydrogen) atoms. The Balaban J connectivity index is 4.56. The fourth-order valence-corrected chi connectivity index (χ4v) is 0.977. The molecular formula is C5H10O8P+. The summed E-state index contributed by atoms with van der Waals surface area (Å²) in [6, 6.07) is 0. The molecule has 0 aliphatic heterocycles. The lowest BCUT2D eigenvalue weighted by molar-refractivity contribution is -0.143. The number of rotatable bonds is 5. The van der Waals surface area contributed by atoms with Crippen LogP contribution in [0.4, 0.5) is 0 Å². The van der Waals surface area contributed by atoms with Crippen molar-refractivity contribution in [1.82, 2.24) is 0 Å². The van der Waals surface area contributed by atoms with Crippen LogP contribution >= 0.6 is 7.94 Å². The summed E-state index contributed by atoms with van der Waals surface area (Å²) in [6.45, 7) is -0.992. The van der Waals surface area contributed by atoms with E-state index in [1.165, 1.54) is 0 Å². The van der Waals surface area contributed by atoms with Gasteiger partial charge >= 0.3 is 13.5 Å². The lowest BCUT2D eigenvalue weighted by atomic mass is 10.1. The minimum atomic E-state index is -5.01. The second kappa shape index (κ2) is 4.85. The van der Waals surface area contributed by atoms with Crippen LogP contribution in [0.1, 0.15) is 0 Å². The van der Waals surface area contributed by atoms with E-state index < -0.39 is 38.1 Å². The van der Waals surface area contributed by atoms with Crippen molar-refractivity contribution in [3.05, 3.63) is 0 Å². The standard InChI is InChI=1S/C5H10O8P/c6-1-2(7)3(8)4(9)5(10)14(11,12)13/h2-3,6-8,11-13H,1H2/q+1/t2-,3-/m0/s1. The Bertz CT molecular complexity index is 232. The number of ketones is 1. The predicted molar refractivity (Wildman–Crippen MR) is 42.7 cm³/mol. The third kappa shape index (κ3) is 3.35. The molecule has 0 amide bonds. The van der Waals surface area contributed by atoms with E-state index in [4.69, 9.17) is 30.0 Å². The molecule has 0 heterocycles. The van der Waals surface area contributed by atoms with Crippen molar-refractivity contribution in [3.8, 4) is 0 Å². The Kier molecular flexibility index (Phi) is 4.69. The minimum absolute atomic E-state index is 0.992. The van der Waals surface area contributed by atoms with Gasteiger partial charge in [-0.3, -0.25) is 4.79 Å². The quantitative estimate of drug-likeness (QED) is 0.210. The Morgan fingerprint density at radius 2 is 1.57 bits per heavy atom. The SMILES string of the molecule is O=C(C(=O)[P+](O)(O)O)[C@@H](O)[C@@H](O)CO. The molecule has 0 aromatic heterocycles. The second-order valence-electron chi connectivity index (χ2n) is 2.43. The minimum Gasteiger partial charge on any atom is -0.394 e. The molecule has 0 saturated heterocycles. The number of carbonyl (C=O) groups is 2. The molecule has 0 spiro atoms. The Morgan fingerprint density at radius 1 is 1.14 bits per heavy atom. The highest BCUT2D eigenvalue weighted by molar-refractivity contribution is 7.78. The maximum atomic E-state index is 10.8. The van der Waals surface area contributed by atoms with Crippen LogP contribution in [0.2, 0.25) is 0 Å². The zero-order chi connectivity index (χ0) is 11.5. The maximum absolute atomic E-state index is 10.8. The largest absolute Gasteiger partial charge is 0.487 e. The van der Waals surface area contributed by atoms with Crippen molar-refractivity contribution in [2.75, 3.05) is 6.61 Å². The number of Topliss-reactive ketones (excluding diaryl/α,β-unsaturated/α-hetero) is 1. The van der Waals surface area contributed by atoms with Gasteiger partial charge in [0.1, 0.15) is 6.10 Å². The van der Waals surface area contributed by atoms with Gasteiger partial charge in [0.2, 0.25) is 0 Å². The Morgan fingerprint density at radius 3 is 1.86 bits per heavy atom.